The Kier molecular flexibility index (Phi) is 4.96. The molecule has 0 fully saturated rings. The van der Waals surface area contributed by atoms with Crippen LogP contribution >= 0.6 is 27.7 Å². The zero-order valence-electron chi connectivity index (χ0n) is 10.4. The number of pyridine rings is 1. The maximum atomic E-state index is 14.0. The van der Waals surface area contributed by atoms with Gasteiger partial charge in [-0.2, -0.15) is 0 Å². The van der Waals surface area contributed by atoms with Crippen molar-refractivity contribution < 1.29 is 4.39 Å². The normalized spacial score (nSPS) is 12.4. The molecule has 0 bridgehead atoms. The maximum absolute atomic E-state index is 14.0. The molecule has 5 heteroatoms. The Labute approximate surface area is 124 Å². The van der Waals surface area contributed by atoms with Gasteiger partial charge in [-0.25, -0.2) is 9.37 Å². The monoisotopic (exact) mass is 340 g/mol. The molecular weight excluding hydrogens is 327 g/mol. The molecule has 2 rings (SSSR count). The van der Waals surface area contributed by atoms with E-state index in [2.05, 4.69) is 20.9 Å². The van der Waals surface area contributed by atoms with Gasteiger partial charge >= 0.3 is 0 Å². The summed E-state index contributed by atoms with van der Waals surface area (Å²) < 4.78 is 14.9. The van der Waals surface area contributed by atoms with Crippen LogP contribution in [0, 0.1) is 5.82 Å². The van der Waals surface area contributed by atoms with Gasteiger partial charge in [-0.3, -0.25) is 0 Å². The molecule has 100 valence electrons. The Hall–Kier alpha value is -0.910. The first kappa shape index (κ1) is 14.5. The molecule has 1 aromatic carbocycles. The maximum Gasteiger partial charge on any atom is 0.137 e. The lowest BCUT2D eigenvalue weighted by Gasteiger charge is -2.11. The molecule has 1 atom stereocenters. The van der Waals surface area contributed by atoms with Crippen LogP contribution in [0.1, 0.15) is 12.5 Å². The van der Waals surface area contributed by atoms with E-state index in [0.717, 1.165) is 15.1 Å². The average molecular weight is 341 g/mol. The van der Waals surface area contributed by atoms with E-state index in [9.17, 15) is 4.39 Å². The fourth-order valence-corrected chi connectivity index (χ4v) is 2.84. The standard InChI is InChI=1S/C14H14BrFN2S/c1-9(17)7-10-3-2-4-12(16)14(10)19-13-6-5-11(15)8-18-13/h2-6,8-9H,7,17H2,1H3. The van der Waals surface area contributed by atoms with Crippen molar-refractivity contribution in [1.29, 1.82) is 0 Å². The first-order valence-corrected chi connectivity index (χ1v) is 7.49. The molecule has 0 amide bonds. The predicted octanol–water partition coefficient (Wildman–Crippen LogP) is 4.02. The number of nitrogens with two attached hydrogens (primary N) is 1. The lowest BCUT2D eigenvalue weighted by atomic mass is 10.1. The van der Waals surface area contributed by atoms with Gasteiger partial charge in [-0.1, -0.05) is 23.9 Å². The summed E-state index contributed by atoms with van der Waals surface area (Å²) in [5.74, 6) is -0.229. The van der Waals surface area contributed by atoms with Gasteiger partial charge in [0.1, 0.15) is 10.8 Å². The third-order valence-electron chi connectivity index (χ3n) is 2.50. The van der Waals surface area contributed by atoms with E-state index >= 15 is 0 Å². The molecule has 0 spiro atoms. The molecule has 0 aliphatic heterocycles. The SMILES string of the molecule is CC(N)Cc1cccc(F)c1Sc1ccc(Br)cn1. The van der Waals surface area contributed by atoms with Gasteiger partial charge in [-0.15, -0.1) is 0 Å². The van der Waals surface area contributed by atoms with Crippen molar-refractivity contribution >= 4 is 27.7 Å². The van der Waals surface area contributed by atoms with Crippen LogP contribution in [0.5, 0.6) is 0 Å². The van der Waals surface area contributed by atoms with Gasteiger partial charge in [-0.05, 0) is 53.0 Å². The number of rotatable bonds is 4. The van der Waals surface area contributed by atoms with Crippen LogP contribution in [-0.2, 0) is 6.42 Å². The minimum absolute atomic E-state index is 0.000901. The van der Waals surface area contributed by atoms with Gasteiger partial charge in [0.2, 0.25) is 0 Å². The smallest absolute Gasteiger partial charge is 0.137 e. The van der Waals surface area contributed by atoms with Crippen LogP contribution in [0.15, 0.2) is 50.9 Å². The molecule has 1 aromatic heterocycles. The minimum atomic E-state index is -0.229. The van der Waals surface area contributed by atoms with E-state index in [0.29, 0.717) is 11.3 Å². The lowest BCUT2D eigenvalue weighted by molar-refractivity contribution is 0.592. The lowest BCUT2D eigenvalue weighted by Crippen LogP contribution is -2.18. The Morgan fingerprint density at radius 2 is 2.16 bits per heavy atom. The highest BCUT2D eigenvalue weighted by molar-refractivity contribution is 9.10. The summed E-state index contributed by atoms with van der Waals surface area (Å²) in [6, 6.07) is 8.84. The first-order chi connectivity index (χ1) is 9.06. The summed E-state index contributed by atoms with van der Waals surface area (Å²) in [4.78, 5) is 4.86. The topological polar surface area (TPSA) is 38.9 Å². The van der Waals surface area contributed by atoms with Gasteiger partial charge < -0.3 is 5.73 Å². The van der Waals surface area contributed by atoms with Crippen LogP contribution < -0.4 is 5.73 Å². The molecular formula is C14H14BrFN2S. The van der Waals surface area contributed by atoms with Crippen molar-refractivity contribution in [2.45, 2.75) is 29.3 Å². The Balaban J connectivity index is 2.30. The first-order valence-electron chi connectivity index (χ1n) is 5.88. The van der Waals surface area contributed by atoms with E-state index in [-0.39, 0.29) is 11.9 Å². The molecule has 2 nitrogen and oxygen atoms in total. The molecule has 0 aliphatic carbocycles. The average Bonchev–Trinajstić information content (AvgIpc) is 2.35. The highest BCUT2D eigenvalue weighted by atomic mass is 79.9. The van der Waals surface area contributed by atoms with E-state index in [1.807, 2.05) is 25.1 Å². The van der Waals surface area contributed by atoms with Crippen molar-refractivity contribution in [2.24, 2.45) is 5.73 Å². The van der Waals surface area contributed by atoms with Crippen LogP contribution in [-0.4, -0.2) is 11.0 Å². The minimum Gasteiger partial charge on any atom is -0.328 e. The molecule has 0 radical (unpaired) electrons. The van der Waals surface area contributed by atoms with Crippen molar-refractivity contribution in [2.75, 3.05) is 0 Å². The van der Waals surface area contributed by atoms with Crippen LogP contribution in [0.4, 0.5) is 4.39 Å². The van der Waals surface area contributed by atoms with Gasteiger partial charge in [0, 0.05) is 16.7 Å². The number of halogens is 2. The summed E-state index contributed by atoms with van der Waals surface area (Å²) in [5.41, 5.74) is 6.72. The highest BCUT2D eigenvalue weighted by Crippen LogP contribution is 2.32. The highest BCUT2D eigenvalue weighted by Gasteiger charge is 2.12. The number of hydrogen-bond donors (Lipinski definition) is 1. The molecule has 1 heterocycles. The number of nitrogens with zero attached hydrogens (tertiary/aromatic N) is 1. The van der Waals surface area contributed by atoms with Gasteiger partial charge in [0.15, 0.2) is 0 Å². The van der Waals surface area contributed by atoms with Crippen molar-refractivity contribution in [3.8, 4) is 0 Å². The third-order valence-corrected chi connectivity index (χ3v) is 4.08. The second kappa shape index (κ2) is 6.50. The molecule has 19 heavy (non-hydrogen) atoms. The zero-order chi connectivity index (χ0) is 13.8. The van der Waals surface area contributed by atoms with Crippen LogP contribution in [0.3, 0.4) is 0 Å². The van der Waals surface area contributed by atoms with Gasteiger partial charge in [0.05, 0.1) is 4.90 Å². The quantitative estimate of drug-likeness (QED) is 0.913. The molecule has 2 aromatic rings. The summed E-state index contributed by atoms with van der Waals surface area (Å²) in [7, 11) is 0. The summed E-state index contributed by atoms with van der Waals surface area (Å²) in [5, 5.41) is 0.763. The van der Waals surface area contributed by atoms with E-state index in [4.69, 9.17) is 5.73 Å². The van der Waals surface area contributed by atoms with Crippen LogP contribution in [0.2, 0.25) is 0 Å². The summed E-state index contributed by atoms with van der Waals surface area (Å²) >= 11 is 4.66. The fraction of sp³-hybridized carbons (Fsp3) is 0.214. The second-order valence-electron chi connectivity index (χ2n) is 4.33. The van der Waals surface area contributed by atoms with Crippen LogP contribution in [0.25, 0.3) is 0 Å². The number of hydrogen-bond acceptors (Lipinski definition) is 3. The van der Waals surface area contributed by atoms with E-state index in [1.54, 1.807) is 12.3 Å². The zero-order valence-corrected chi connectivity index (χ0v) is 12.8. The van der Waals surface area contributed by atoms with E-state index < -0.39 is 0 Å². The molecule has 0 saturated carbocycles. The molecule has 0 saturated heterocycles. The fourth-order valence-electron chi connectivity index (χ4n) is 1.70. The molecule has 1 unspecified atom stereocenters. The van der Waals surface area contributed by atoms with Crippen molar-refractivity contribution in [3.05, 3.63) is 52.4 Å². The van der Waals surface area contributed by atoms with E-state index in [1.165, 1.54) is 17.8 Å². The number of aromatic nitrogens is 1. The largest absolute Gasteiger partial charge is 0.328 e. The Morgan fingerprint density at radius 1 is 1.37 bits per heavy atom. The number of benzene rings is 1. The Morgan fingerprint density at radius 3 is 2.79 bits per heavy atom. The van der Waals surface area contributed by atoms with Crippen molar-refractivity contribution in [3.63, 3.8) is 0 Å². The summed E-state index contributed by atoms with van der Waals surface area (Å²) in [6.07, 6.45) is 2.35. The summed E-state index contributed by atoms with van der Waals surface area (Å²) in [6.45, 7) is 1.91. The Bertz CT molecular complexity index is 558. The predicted molar refractivity (Wildman–Crippen MR) is 79.8 cm³/mol. The van der Waals surface area contributed by atoms with Gasteiger partial charge in [0.25, 0.3) is 0 Å². The third kappa shape index (κ3) is 4.03. The molecule has 0 aliphatic rings. The second-order valence-corrected chi connectivity index (χ2v) is 6.27. The van der Waals surface area contributed by atoms with Crippen molar-refractivity contribution in [1.82, 2.24) is 4.98 Å². The molecule has 2 N–H and O–H groups in total.